The quantitative estimate of drug-likeness (QED) is 0.0335. The summed E-state index contributed by atoms with van der Waals surface area (Å²) in [5, 5.41) is 14.7. The Kier molecular flexibility index (Phi) is 22.2. The third-order valence-electron chi connectivity index (χ3n) is 14.8. The maximum atomic E-state index is 13.5. The Hall–Kier alpha value is -6.38. The number of quaternary nitrogens is 1. The molecule has 4 aliphatic rings. The summed E-state index contributed by atoms with van der Waals surface area (Å²) in [5.74, 6) is -2.37. The number of nitrogens with one attached hydrogen (secondary N) is 2. The van der Waals surface area contributed by atoms with E-state index in [2.05, 4.69) is 26.1 Å². The highest BCUT2D eigenvalue weighted by Crippen LogP contribution is 2.46. The Balaban J connectivity index is 0.00000125. The number of piperidine rings is 1. The van der Waals surface area contributed by atoms with Crippen LogP contribution in [0.1, 0.15) is 88.8 Å². The standard InChI is InChI=1S/C51H61N3O15.C6H15N/c1-62-37-14-8-34(9-15-37)51(35-10-16-38(63-2)17-11-35,36-12-18-39(64-3)19-13-36)67-33-50(32-66-45(59)23-22-44(57)58)24-27-53(28-25-50)43(56)7-5-4-6-26-52-42(55)31-65-29-30-68-54-48(60)46-40-20-21-41(69-40)47(46)49(54)61;1-4-7(5-2)6-3/h8-21,40-41,46-47H,4-7,22-33H2,1-3H3,(H,52,55)(H,57,58);4-6H2,1-3H3. The van der Waals surface area contributed by atoms with Gasteiger partial charge in [-0.05, 0) is 106 Å². The number of hydrogen-bond acceptors (Lipinski definition) is 15. The van der Waals surface area contributed by atoms with E-state index in [0.29, 0.717) is 75.4 Å². The third-order valence-corrected chi connectivity index (χ3v) is 14.8. The predicted octanol–water partition coefficient (Wildman–Crippen LogP) is 3.20. The first kappa shape index (κ1) is 58.9. The van der Waals surface area contributed by atoms with Gasteiger partial charge in [0, 0.05) is 37.4 Å². The van der Waals surface area contributed by atoms with Crippen LogP contribution in [0.2, 0.25) is 0 Å². The lowest BCUT2D eigenvalue weighted by Gasteiger charge is -2.44. The number of ether oxygens (including phenoxy) is 7. The van der Waals surface area contributed by atoms with Crippen LogP contribution in [-0.2, 0) is 58.2 Å². The van der Waals surface area contributed by atoms with E-state index in [-0.39, 0.29) is 51.3 Å². The van der Waals surface area contributed by atoms with Crippen molar-refractivity contribution in [2.45, 2.75) is 89.9 Å². The molecule has 0 radical (unpaired) electrons. The number of hydroxylamine groups is 2. The summed E-state index contributed by atoms with van der Waals surface area (Å²) in [6, 6.07) is 22.8. The minimum atomic E-state index is -1.35. The number of hydrogen-bond donors (Lipinski definition) is 2. The lowest BCUT2D eigenvalue weighted by Crippen LogP contribution is -3.11. The number of benzene rings is 3. The molecule has 3 fully saturated rings. The minimum Gasteiger partial charge on any atom is -0.550 e. The Morgan fingerprint density at radius 2 is 1.21 bits per heavy atom. The summed E-state index contributed by atoms with van der Waals surface area (Å²) in [6.07, 6.45) is 5.09. The van der Waals surface area contributed by atoms with Gasteiger partial charge >= 0.3 is 5.97 Å². The maximum absolute atomic E-state index is 13.5. The second kappa shape index (κ2) is 28.7. The zero-order valence-electron chi connectivity index (χ0n) is 44.8. The van der Waals surface area contributed by atoms with Crippen molar-refractivity contribution in [1.29, 1.82) is 0 Å². The van der Waals surface area contributed by atoms with Gasteiger partial charge in [0.1, 0.15) is 29.5 Å². The second-order valence-corrected chi connectivity index (χ2v) is 19.4. The number of aliphatic carboxylic acids is 1. The summed E-state index contributed by atoms with van der Waals surface area (Å²) in [6.45, 7) is 11.4. The number of esters is 1. The van der Waals surface area contributed by atoms with Crippen LogP contribution < -0.4 is 29.5 Å². The van der Waals surface area contributed by atoms with Crippen LogP contribution in [0.5, 0.6) is 17.2 Å². The fourth-order valence-corrected chi connectivity index (χ4v) is 10.1. The summed E-state index contributed by atoms with van der Waals surface area (Å²) in [7, 11) is 4.78. The van der Waals surface area contributed by atoms with Crippen molar-refractivity contribution < 1.29 is 76.8 Å². The van der Waals surface area contributed by atoms with Gasteiger partial charge < -0.3 is 58.2 Å². The number of likely N-dealkylation sites (tertiary alicyclic amines) is 1. The van der Waals surface area contributed by atoms with Gasteiger partial charge in [-0.2, -0.15) is 5.06 Å². The molecule has 4 atom stereocenters. The first-order valence-electron chi connectivity index (χ1n) is 26.5. The van der Waals surface area contributed by atoms with Crippen molar-refractivity contribution in [2.75, 3.05) is 93.6 Å². The lowest BCUT2D eigenvalue weighted by atomic mass is 9.77. The zero-order chi connectivity index (χ0) is 54.7. The smallest absolute Gasteiger partial charge is 0.306 e. The van der Waals surface area contributed by atoms with Crippen LogP contribution in [0, 0.1) is 17.3 Å². The molecule has 0 aliphatic carbocycles. The normalized spacial score (nSPS) is 19.2. The number of rotatable bonds is 29. The molecule has 19 nitrogen and oxygen atoms in total. The fraction of sp³-hybridized carbons (Fsp3) is 0.544. The number of carbonyl (C=O) groups excluding carboxylic acids is 6. The van der Waals surface area contributed by atoms with E-state index in [4.69, 9.17) is 38.0 Å². The average Bonchev–Trinajstić information content (AvgIpc) is 4.18. The number of carboxylic acid groups (broad SMARTS) is 1. The Labute approximate surface area is 446 Å². The molecule has 3 saturated heterocycles. The number of carboxylic acids is 1. The molecule has 4 amide bonds. The number of amides is 4. The number of unbranched alkanes of at least 4 members (excludes halogenated alkanes) is 2. The Morgan fingerprint density at radius 3 is 1.67 bits per heavy atom. The number of fused-ring (bicyclic) bond motifs is 5. The topological polar surface area (TPSA) is 222 Å². The fourth-order valence-electron chi connectivity index (χ4n) is 10.1. The number of nitrogens with zero attached hydrogens (tertiary/aromatic N) is 2. The molecule has 414 valence electrons. The molecule has 2 N–H and O–H groups in total. The number of imide groups is 1. The van der Waals surface area contributed by atoms with Crippen LogP contribution in [0.3, 0.4) is 0 Å². The molecule has 19 heteroatoms. The van der Waals surface area contributed by atoms with Gasteiger partial charge in [-0.1, -0.05) is 55.0 Å². The van der Waals surface area contributed by atoms with Crippen molar-refractivity contribution >= 4 is 35.6 Å². The molecular weight excluding hydrogens is 981 g/mol. The van der Waals surface area contributed by atoms with Gasteiger partial charge in [0.2, 0.25) is 11.8 Å². The SMILES string of the molecule is CC[NH+](CC)CC.COc1ccc(C(OCC2(COC(=O)CCC(=O)[O-])CCN(C(=O)CCCCCNC(=O)COCCON3C(=O)C4C5C=CC(O5)C4C3=O)CC2)(c2ccc(OC)cc2)c2ccc(OC)cc2)cc1. The van der Waals surface area contributed by atoms with E-state index in [9.17, 15) is 33.9 Å². The Morgan fingerprint density at radius 1 is 0.697 bits per heavy atom. The average molecular weight is 1060 g/mol. The van der Waals surface area contributed by atoms with E-state index in [1.165, 1.54) is 19.6 Å². The van der Waals surface area contributed by atoms with Crippen LogP contribution in [0.15, 0.2) is 84.9 Å². The van der Waals surface area contributed by atoms with E-state index in [1.54, 1.807) is 43.3 Å². The van der Waals surface area contributed by atoms with Gasteiger partial charge in [-0.15, -0.1) is 0 Å². The van der Waals surface area contributed by atoms with Crippen LogP contribution in [0.25, 0.3) is 0 Å². The lowest BCUT2D eigenvalue weighted by molar-refractivity contribution is -0.894. The molecule has 3 aromatic carbocycles. The van der Waals surface area contributed by atoms with Gasteiger partial charge in [0.15, 0.2) is 0 Å². The molecule has 3 aromatic rings. The first-order chi connectivity index (χ1) is 36.7. The van der Waals surface area contributed by atoms with Crippen molar-refractivity contribution in [2.24, 2.45) is 17.3 Å². The number of carbonyl (C=O) groups is 6. The van der Waals surface area contributed by atoms with Gasteiger partial charge in [-0.3, -0.25) is 28.8 Å². The van der Waals surface area contributed by atoms with E-state index < -0.39 is 65.2 Å². The molecule has 2 bridgehead atoms. The van der Waals surface area contributed by atoms with Crippen molar-refractivity contribution in [1.82, 2.24) is 15.3 Å². The first-order valence-corrected chi connectivity index (χ1v) is 26.5. The largest absolute Gasteiger partial charge is 0.550 e. The molecular formula is C57H76N4O15. The van der Waals surface area contributed by atoms with E-state index in [1.807, 2.05) is 72.8 Å². The molecule has 4 aliphatic heterocycles. The molecule has 0 aromatic heterocycles. The van der Waals surface area contributed by atoms with Gasteiger partial charge in [0.05, 0.1) is 97.9 Å². The summed E-state index contributed by atoms with van der Waals surface area (Å²) in [4.78, 5) is 84.1. The van der Waals surface area contributed by atoms with E-state index >= 15 is 0 Å². The number of methoxy groups -OCH3 is 3. The van der Waals surface area contributed by atoms with Crippen LogP contribution in [0.4, 0.5) is 0 Å². The van der Waals surface area contributed by atoms with Crippen molar-refractivity contribution in [3.63, 3.8) is 0 Å². The monoisotopic (exact) mass is 1060 g/mol. The van der Waals surface area contributed by atoms with Crippen LogP contribution in [-0.4, -0.2) is 151 Å². The maximum Gasteiger partial charge on any atom is 0.306 e. The highest BCUT2D eigenvalue weighted by Gasteiger charge is 2.61. The molecule has 0 spiro atoms. The van der Waals surface area contributed by atoms with Crippen molar-refractivity contribution in [3.05, 3.63) is 102 Å². The van der Waals surface area contributed by atoms with Crippen LogP contribution >= 0.6 is 0 Å². The minimum absolute atomic E-state index is 0.00188. The Bertz CT molecular complexity index is 2250. The summed E-state index contributed by atoms with van der Waals surface area (Å²) >= 11 is 0. The van der Waals surface area contributed by atoms with E-state index in [0.717, 1.165) is 21.8 Å². The second-order valence-electron chi connectivity index (χ2n) is 19.4. The molecule has 76 heavy (non-hydrogen) atoms. The molecule has 0 saturated carbocycles. The molecule has 4 unspecified atom stereocenters. The summed E-state index contributed by atoms with van der Waals surface area (Å²) < 4.78 is 40.6. The molecule has 7 rings (SSSR count). The third kappa shape index (κ3) is 15.0. The zero-order valence-corrected chi connectivity index (χ0v) is 44.8. The predicted molar refractivity (Wildman–Crippen MR) is 276 cm³/mol. The van der Waals surface area contributed by atoms with Gasteiger partial charge in [-0.25, -0.2) is 0 Å². The van der Waals surface area contributed by atoms with Crippen molar-refractivity contribution in [3.8, 4) is 17.2 Å². The van der Waals surface area contributed by atoms with Gasteiger partial charge in [0.25, 0.3) is 11.8 Å². The highest BCUT2D eigenvalue weighted by molar-refractivity contribution is 6.05. The molecule has 4 heterocycles. The summed E-state index contributed by atoms with van der Waals surface area (Å²) in [5.41, 5.74) is 0.401. The highest BCUT2D eigenvalue weighted by atomic mass is 16.7.